The second kappa shape index (κ2) is 5.41. The molecule has 0 N–H and O–H groups in total. The molecule has 1 heterocycles. The molecule has 1 aliphatic rings. The normalized spacial score (nSPS) is 11.5. The molecule has 0 fully saturated rings. The molecule has 0 aliphatic heterocycles. The minimum atomic E-state index is -0.563. The maximum Gasteiger partial charge on any atom is 0.340 e. The fraction of sp³-hybridized carbons (Fsp3) is 0.176. The summed E-state index contributed by atoms with van der Waals surface area (Å²) in [6, 6.07) is 10.7. The maximum absolute atomic E-state index is 12.4. The van der Waals surface area contributed by atoms with Crippen molar-refractivity contribution in [2.75, 3.05) is 6.61 Å². The first kappa shape index (κ1) is 14.0. The number of rotatable bonds is 3. The third-order valence-corrected chi connectivity index (χ3v) is 3.55. The molecule has 1 aromatic heterocycles. The number of esters is 1. The van der Waals surface area contributed by atoms with E-state index >= 15 is 0 Å². The molecule has 22 heavy (non-hydrogen) atoms. The number of ether oxygens (including phenoxy) is 1. The van der Waals surface area contributed by atoms with Crippen molar-refractivity contribution in [2.45, 2.75) is 13.3 Å². The Labute approximate surface area is 127 Å². The Morgan fingerprint density at radius 3 is 2.73 bits per heavy atom. The van der Waals surface area contributed by atoms with Crippen LogP contribution in [0, 0.1) is 18.3 Å². The first-order valence-corrected chi connectivity index (χ1v) is 6.83. The largest absolute Gasteiger partial charge is 0.461 e. The second-order valence-electron chi connectivity index (χ2n) is 4.94. The van der Waals surface area contributed by atoms with E-state index in [0.717, 1.165) is 5.56 Å². The van der Waals surface area contributed by atoms with E-state index in [4.69, 9.17) is 10.00 Å². The van der Waals surface area contributed by atoms with E-state index in [1.54, 1.807) is 19.1 Å². The molecule has 0 saturated carbocycles. The predicted octanol–water partition coefficient (Wildman–Crippen LogP) is 2.67. The number of nitrogens with zero attached hydrogens (tertiary/aromatic N) is 2. The third kappa shape index (κ3) is 2.15. The lowest BCUT2D eigenvalue weighted by Crippen LogP contribution is -2.11. The zero-order valence-electron chi connectivity index (χ0n) is 11.9. The first-order valence-electron chi connectivity index (χ1n) is 6.83. The van der Waals surface area contributed by atoms with Crippen molar-refractivity contribution in [1.29, 1.82) is 5.26 Å². The molecule has 108 valence electrons. The highest BCUT2D eigenvalue weighted by atomic mass is 16.5. The van der Waals surface area contributed by atoms with Gasteiger partial charge in [0.25, 0.3) is 0 Å². The summed E-state index contributed by atoms with van der Waals surface area (Å²) in [5.41, 5.74) is 3.17. The van der Waals surface area contributed by atoms with Gasteiger partial charge in [-0.25, -0.2) is 4.79 Å². The van der Waals surface area contributed by atoms with Crippen LogP contribution in [0.2, 0.25) is 0 Å². The van der Waals surface area contributed by atoms with E-state index in [-0.39, 0.29) is 24.4 Å². The van der Waals surface area contributed by atoms with Crippen molar-refractivity contribution in [1.82, 2.24) is 4.98 Å². The quantitative estimate of drug-likeness (QED) is 0.547. The van der Waals surface area contributed by atoms with Crippen LogP contribution in [0.25, 0.3) is 11.3 Å². The van der Waals surface area contributed by atoms with E-state index in [2.05, 4.69) is 4.98 Å². The summed E-state index contributed by atoms with van der Waals surface area (Å²) < 4.78 is 5.01. The summed E-state index contributed by atoms with van der Waals surface area (Å²) >= 11 is 0. The van der Waals surface area contributed by atoms with Crippen LogP contribution in [-0.2, 0) is 4.74 Å². The number of aryl methyl sites for hydroxylation is 1. The number of aromatic nitrogens is 1. The van der Waals surface area contributed by atoms with E-state index in [9.17, 15) is 9.59 Å². The lowest BCUT2D eigenvalue weighted by molar-refractivity contribution is 0.0512. The highest BCUT2D eigenvalue weighted by Gasteiger charge is 2.29. The highest BCUT2D eigenvalue weighted by molar-refractivity contribution is 6.21. The molecule has 0 amide bonds. The number of fused-ring (bicyclic) bond motifs is 3. The van der Waals surface area contributed by atoms with Crippen molar-refractivity contribution < 1.29 is 14.3 Å². The molecule has 1 aromatic carbocycles. The fourth-order valence-electron chi connectivity index (χ4n) is 2.49. The van der Waals surface area contributed by atoms with Gasteiger partial charge in [0, 0.05) is 16.7 Å². The summed E-state index contributed by atoms with van der Waals surface area (Å²) in [5, 5.41) is 8.47. The molecule has 3 rings (SSSR count). The van der Waals surface area contributed by atoms with Gasteiger partial charge in [-0.3, -0.25) is 9.78 Å². The maximum atomic E-state index is 12.4. The molecule has 0 bridgehead atoms. The summed E-state index contributed by atoms with van der Waals surface area (Å²) in [6.45, 7) is 1.73. The first-order chi connectivity index (χ1) is 10.6. The van der Waals surface area contributed by atoms with E-state index in [1.807, 2.05) is 18.2 Å². The van der Waals surface area contributed by atoms with Gasteiger partial charge in [-0.15, -0.1) is 0 Å². The van der Waals surface area contributed by atoms with Crippen molar-refractivity contribution in [3.8, 4) is 17.3 Å². The van der Waals surface area contributed by atoms with Crippen molar-refractivity contribution in [2.24, 2.45) is 0 Å². The second-order valence-corrected chi connectivity index (χ2v) is 4.94. The van der Waals surface area contributed by atoms with Crippen LogP contribution in [0.4, 0.5) is 0 Å². The minimum absolute atomic E-state index is 0.0278. The van der Waals surface area contributed by atoms with Gasteiger partial charge < -0.3 is 4.74 Å². The zero-order chi connectivity index (χ0) is 15.7. The lowest BCUT2D eigenvalue weighted by Gasteiger charge is -2.07. The molecule has 0 spiro atoms. The Bertz CT molecular complexity index is 834. The molecular formula is C17H12N2O3. The summed E-state index contributed by atoms with van der Waals surface area (Å²) in [6.07, 6.45) is 0.132. The Morgan fingerprint density at radius 1 is 1.27 bits per heavy atom. The SMILES string of the molecule is Cc1nc2c(cc1C(=O)OCCC#N)C(=O)c1ccccc1-2. The van der Waals surface area contributed by atoms with Crippen molar-refractivity contribution in [3.05, 3.63) is 52.7 Å². The van der Waals surface area contributed by atoms with Crippen LogP contribution < -0.4 is 0 Å². The minimum Gasteiger partial charge on any atom is -0.461 e. The molecule has 0 atom stereocenters. The topological polar surface area (TPSA) is 80.0 Å². The average molecular weight is 292 g/mol. The molecule has 0 radical (unpaired) electrons. The van der Waals surface area contributed by atoms with Gasteiger partial charge in [0.1, 0.15) is 6.61 Å². The van der Waals surface area contributed by atoms with Gasteiger partial charge in [-0.05, 0) is 13.0 Å². The molecule has 0 saturated heterocycles. The lowest BCUT2D eigenvalue weighted by atomic mass is 10.1. The van der Waals surface area contributed by atoms with Crippen LogP contribution in [0.5, 0.6) is 0 Å². The predicted molar refractivity (Wildman–Crippen MR) is 78.4 cm³/mol. The number of ketones is 1. The van der Waals surface area contributed by atoms with E-state index in [0.29, 0.717) is 22.5 Å². The van der Waals surface area contributed by atoms with Crippen LogP contribution in [-0.4, -0.2) is 23.3 Å². The number of carbonyl (C=O) groups is 2. The van der Waals surface area contributed by atoms with Crippen LogP contribution in [0.3, 0.4) is 0 Å². The number of pyridine rings is 1. The molecular weight excluding hydrogens is 280 g/mol. The van der Waals surface area contributed by atoms with E-state index < -0.39 is 5.97 Å². The standard InChI is InChI=1S/C17H12N2O3/c1-10-13(17(21)22-8-4-7-18)9-14-15(19-10)11-5-2-3-6-12(11)16(14)20/h2-3,5-6,9H,4,8H2,1H3. The monoisotopic (exact) mass is 292 g/mol. The summed E-state index contributed by atoms with van der Waals surface area (Å²) in [4.78, 5) is 28.8. The fourth-order valence-corrected chi connectivity index (χ4v) is 2.49. The van der Waals surface area contributed by atoms with Crippen LogP contribution in [0.15, 0.2) is 30.3 Å². The van der Waals surface area contributed by atoms with Crippen molar-refractivity contribution >= 4 is 11.8 Å². The molecule has 0 unspecified atom stereocenters. The van der Waals surface area contributed by atoms with Crippen LogP contribution >= 0.6 is 0 Å². The molecule has 1 aliphatic carbocycles. The van der Waals surface area contributed by atoms with Gasteiger partial charge in [0.2, 0.25) is 0 Å². The Kier molecular flexibility index (Phi) is 3.43. The van der Waals surface area contributed by atoms with Gasteiger partial charge in [-0.1, -0.05) is 24.3 Å². The Hall–Kier alpha value is -3.00. The number of benzene rings is 1. The van der Waals surface area contributed by atoms with Gasteiger partial charge in [0.05, 0.1) is 29.4 Å². The summed E-state index contributed by atoms with van der Waals surface area (Å²) in [7, 11) is 0. The zero-order valence-corrected chi connectivity index (χ0v) is 11.9. The van der Waals surface area contributed by atoms with Crippen molar-refractivity contribution in [3.63, 3.8) is 0 Å². The number of nitriles is 1. The smallest absolute Gasteiger partial charge is 0.340 e. The van der Waals surface area contributed by atoms with Gasteiger partial charge in [0.15, 0.2) is 5.78 Å². The number of hydrogen-bond acceptors (Lipinski definition) is 5. The van der Waals surface area contributed by atoms with Gasteiger partial charge >= 0.3 is 5.97 Å². The molecule has 5 nitrogen and oxygen atoms in total. The average Bonchev–Trinajstić information content (AvgIpc) is 2.80. The Balaban J connectivity index is 2.01. The number of carbonyl (C=O) groups excluding carboxylic acids is 2. The summed E-state index contributed by atoms with van der Waals surface area (Å²) in [5.74, 6) is -0.698. The third-order valence-electron chi connectivity index (χ3n) is 3.55. The van der Waals surface area contributed by atoms with Gasteiger partial charge in [-0.2, -0.15) is 5.26 Å². The number of hydrogen-bond donors (Lipinski definition) is 0. The molecule has 5 heteroatoms. The Morgan fingerprint density at radius 2 is 2.00 bits per heavy atom. The highest BCUT2D eigenvalue weighted by Crippen LogP contribution is 2.35. The van der Waals surface area contributed by atoms with Crippen LogP contribution in [0.1, 0.15) is 38.4 Å². The van der Waals surface area contributed by atoms with E-state index in [1.165, 1.54) is 6.07 Å². The molecule has 2 aromatic rings.